The molecule has 1 atom stereocenters. The van der Waals surface area contributed by atoms with E-state index in [0.29, 0.717) is 19.4 Å². The second-order valence-corrected chi connectivity index (χ2v) is 4.86. The lowest BCUT2D eigenvalue weighted by Gasteiger charge is -2.16. The van der Waals surface area contributed by atoms with E-state index in [2.05, 4.69) is 10.6 Å². The molecule has 5 nitrogen and oxygen atoms in total. The molecule has 0 aliphatic heterocycles. The number of urea groups is 1. The Morgan fingerprint density at radius 3 is 2.76 bits per heavy atom. The summed E-state index contributed by atoms with van der Waals surface area (Å²) in [6, 6.07) is 5.42. The van der Waals surface area contributed by atoms with Gasteiger partial charge in [-0.2, -0.15) is 0 Å². The lowest BCUT2D eigenvalue weighted by atomic mass is 10.1. The zero-order valence-corrected chi connectivity index (χ0v) is 12.1. The van der Waals surface area contributed by atoms with E-state index in [4.69, 9.17) is 5.11 Å². The molecule has 0 heterocycles. The minimum atomic E-state index is -0.937. The first kappa shape index (κ1) is 16.9. The van der Waals surface area contributed by atoms with Gasteiger partial charge < -0.3 is 15.7 Å². The van der Waals surface area contributed by atoms with E-state index in [-0.39, 0.29) is 18.3 Å². The normalized spacial score (nSPS) is 11.7. The number of rotatable bonds is 8. The van der Waals surface area contributed by atoms with Crippen LogP contribution in [0, 0.1) is 5.82 Å². The number of carbonyl (C=O) groups excluding carboxylic acids is 1. The zero-order valence-electron chi connectivity index (χ0n) is 12.1. The van der Waals surface area contributed by atoms with E-state index in [0.717, 1.165) is 12.0 Å². The average molecular weight is 296 g/mol. The summed E-state index contributed by atoms with van der Waals surface area (Å²) in [5, 5.41) is 14.1. The first-order valence-electron chi connectivity index (χ1n) is 7.02. The standard InChI is InChI=1S/C15H21FN2O3/c1-2-4-13(10-14(19)20)18-15(21)17-8-7-11-5-3-6-12(16)9-11/h3,5-6,9,13H,2,4,7-8,10H2,1H3,(H,19,20)(H2,17,18,21). The highest BCUT2D eigenvalue weighted by atomic mass is 19.1. The Balaban J connectivity index is 2.33. The van der Waals surface area contributed by atoms with Gasteiger partial charge >= 0.3 is 12.0 Å². The molecule has 0 aromatic heterocycles. The van der Waals surface area contributed by atoms with Crippen LogP contribution in [-0.2, 0) is 11.2 Å². The van der Waals surface area contributed by atoms with E-state index in [9.17, 15) is 14.0 Å². The van der Waals surface area contributed by atoms with Crippen molar-refractivity contribution < 1.29 is 19.1 Å². The number of hydrogen-bond acceptors (Lipinski definition) is 2. The smallest absolute Gasteiger partial charge is 0.315 e. The lowest BCUT2D eigenvalue weighted by Crippen LogP contribution is -2.43. The maximum Gasteiger partial charge on any atom is 0.315 e. The highest BCUT2D eigenvalue weighted by molar-refractivity contribution is 5.75. The van der Waals surface area contributed by atoms with Crippen LogP contribution in [0.15, 0.2) is 24.3 Å². The van der Waals surface area contributed by atoms with E-state index in [1.54, 1.807) is 12.1 Å². The monoisotopic (exact) mass is 296 g/mol. The van der Waals surface area contributed by atoms with Crippen LogP contribution in [-0.4, -0.2) is 29.7 Å². The predicted molar refractivity (Wildman–Crippen MR) is 77.6 cm³/mol. The van der Waals surface area contributed by atoms with Crippen molar-refractivity contribution in [1.29, 1.82) is 0 Å². The molecule has 0 radical (unpaired) electrons. The van der Waals surface area contributed by atoms with E-state index < -0.39 is 12.0 Å². The Labute approximate surface area is 123 Å². The zero-order chi connectivity index (χ0) is 15.7. The molecule has 0 saturated heterocycles. The van der Waals surface area contributed by atoms with Crippen LogP contribution in [0.25, 0.3) is 0 Å². The van der Waals surface area contributed by atoms with Crippen LogP contribution in [0.1, 0.15) is 31.7 Å². The average Bonchev–Trinajstić information content (AvgIpc) is 2.38. The SMILES string of the molecule is CCCC(CC(=O)O)NC(=O)NCCc1cccc(F)c1. The molecule has 0 spiro atoms. The van der Waals surface area contributed by atoms with Gasteiger partial charge in [0.25, 0.3) is 0 Å². The van der Waals surface area contributed by atoms with Crippen LogP contribution in [0.5, 0.6) is 0 Å². The quantitative estimate of drug-likeness (QED) is 0.689. The molecule has 116 valence electrons. The molecule has 1 unspecified atom stereocenters. The summed E-state index contributed by atoms with van der Waals surface area (Å²) in [5.41, 5.74) is 0.797. The van der Waals surface area contributed by atoms with E-state index >= 15 is 0 Å². The maximum absolute atomic E-state index is 13.0. The van der Waals surface area contributed by atoms with Crippen molar-refractivity contribution in [3.8, 4) is 0 Å². The second-order valence-electron chi connectivity index (χ2n) is 4.86. The van der Waals surface area contributed by atoms with Crippen molar-refractivity contribution in [2.45, 2.75) is 38.6 Å². The van der Waals surface area contributed by atoms with E-state index in [1.165, 1.54) is 12.1 Å². The fraction of sp³-hybridized carbons (Fsp3) is 0.467. The number of benzene rings is 1. The van der Waals surface area contributed by atoms with Crippen molar-refractivity contribution in [3.63, 3.8) is 0 Å². The van der Waals surface area contributed by atoms with Crippen molar-refractivity contribution in [2.75, 3.05) is 6.54 Å². The third-order valence-corrected chi connectivity index (χ3v) is 2.98. The maximum atomic E-state index is 13.0. The predicted octanol–water partition coefficient (Wildman–Crippen LogP) is 2.31. The summed E-state index contributed by atoms with van der Waals surface area (Å²) in [6.45, 7) is 2.29. The van der Waals surface area contributed by atoms with Crippen LogP contribution in [0.2, 0.25) is 0 Å². The van der Waals surface area contributed by atoms with Crippen molar-refractivity contribution >= 4 is 12.0 Å². The molecule has 0 aliphatic carbocycles. The molecule has 1 rings (SSSR count). The molecule has 0 saturated carbocycles. The molecule has 1 aromatic carbocycles. The number of hydrogen-bond donors (Lipinski definition) is 3. The van der Waals surface area contributed by atoms with Crippen LogP contribution in [0.3, 0.4) is 0 Å². The van der Waals surface area contributed by atoms with Gasteiger partial charge in [0.2, 0.25) is 0 Å². The minimum Gasteiger partial charge on any atom is -0.481 e. The highest BCUT2D eigenvalue weighted by Crippen LogP contribution is 2.04. The summed E-state index contributed by atoms with van der Waals surface area (Å²) < 4.78 is 13.0. The fourth-order valence-electron chi connectivity index (χ4n) is 2.03. The van der Waals surface area contributed by atoms with Gasteiger partial charge in [-0.3, -0.25) is 4.79 Å². The molecule has 0 fully saturated rings. The topological polar surface area (TPSA) is 78.4 Å². The molecular weight excluding hydrogens is 275 g/mol. The van der Waals surface area contributed by atoms with Gasteiger partial charge in [0.15, 0.2) is 0 Å². The summed E-state index contributed by atoms with van der Waals surface area (Å²) in [6.07, 6.45) is 1.83. The number of carbonyl (C=O) groups is 2. The molecular formula is C15H21FN2O3. The molecule has 3 N–H and O–H groups in total. The van der Waals surface area contributed by atoms with Gasteiger partial charge in [-0.1, -0.05) is 25.5 Å². The van der Waals surface area contributed by atoms with Crippen molar-refractivity contribution in [3.05, 3.63) is 35.6 Å². The van der Waals surface area contributed by atoms with Crippen LogP contribution >= 0.6 is 0 Å². The van der Waals surface area contributed by atoms with Crippen LogP contribution < -0.4 is 10.6 Å². The number of carboxylic acid groups (broad SMARTS) is 1. The molecule has 0 bridgehead atoms. The van der Waals surface area contributed by atoms with Crippen molar-refractivity contribution in [2.24, 2.45) is 0 Å². The Hall–Kier alpha value is -2.11. The number of nitrogens with one attached hydrogen (secondary N) is 2. The van der Waals surface area contributed by atoms with E-state index in [1.807, 2.05) is 6.92 Å². The van der Waals surface area contributed by atoms with Gasteiger partial charge in [0, 0.05) is 12.6 Å². The summed E-state index contributed by atoms with van der Waals surface area (Å²) >= 11 is 0. The van der Waals surface area contributed by atoms with Gasteiger partial charge in [0.05, 0.1) is 6.42 Å². The van der Waals surface area contributed by atoms with Crippen LogP contribution in [0.4, 0.5) is 9.18 Å². The number of amides is 2. The molecule has 2 amide bonds. The first-order valence-corrected chi connectivity index (χ1v) is 7.02. The Morgan fingerprint density at radius 2 is 2.14 bits per heavy atom. The second kappa shape index (κ2) is 8.94. The summed E-state index contributed by atoms with van der Waals surface area (Å²) in [4.78, 5) is 22.4. The Morgan fingerprint density at radius 1 is 1.38 bits per heavy atom. The summed E-state index contributed by atoms with van der Waals surface area (Å²) in [5.74, 6) is -1.24. The third-order valence-electron chi connectivity index (χ3n) is 2.98. The molecule has 0 aliphatic rings. The number of halogens is 1. The highest BCUT2D eigenvalue weighted by Gasteiger charge is 2.14. The largest absolute Gasteiger partial charge is 0.481 e. The summed E-state index contributed by atoms with van der Waals surface area (Å²) in [7, 11) is 0. The van der Waals surface area contributed by atoms with Gasteiger partial charge in [-0.25, -0.2) is 9.18 Å². The third kappa shape index (κ3) is 7.29. The minimum absolute atomic E-state index is 0.0921. The molecule has 21 heavy (non-hydrogen) atoms. The Kier molecular flexibility index (Phi) is 7.21. The first-order chi connectivity index (χ1) is 10.0. The lowest BCUT2D eigenvalue weighted by molar-refractivity contribution is -0.137. The van der Waals surface area contributed by atoms with Gasteiger partial charge in [-0.05, 0) is 30.5 Å². The van der Waals surface area contributed by atoms with Crippen molar-refractivity contribution in [1.82, 2.24) is 10.6 Å². The molecule has 1 aromatic rings. The Bertz CT molecular complexity index is 480. The van der Waals surface area contributed by atoms with Gasteiger partial charge in [0.1, 0.15) is 5.82 Å². The molecule has 6 heteroatoms. The van der Waals surface area contributed by atoms with Gasteiger partial charge in [-0.15, -0.1) is 0 Å². The fourth-order valence-corrected chi connectivity index (χ4v) is 2.03. The number of aliphatic carboxylic acids is 1. The number of carboxylic acids is 1.